The van der Waals surface area contributed by atoms with Gasteiger partial charge in [0.25, 0.3) is 5.91 Å². The molecule has 0 aliphatic rings. The van der Waals surface area contributed by atoms with Gasteiger partial charge in [0.2, 0.25) is 0 Å². The van der Waals surface area contributed by atoms with Gasteiger partial charge in [0, 0.05) is 11.8 Å². The fourth-order valence-corrected chi connectivity index (χ4v) is 2.93. The fourth-order valence-electron chi connectivity index (χ4n) is 2.93. The third-order valence-electron chi connectivity index (χ3n) is 4.14. The van der Waals surface area contributed by atoms with E-state index in [1.807, 2.05) is 49.4 Å². The Morgan fingerprint density at radius 1 is 1.15 bits per heavy atom. The molecule has 0 aliphatic heterocycles. The number of aryl methyl sites for hydroxylation is 1. The molecule has 0 saturated heterocycles. The highest BCUT2D eigenvalue weighted by Gasteiger charge is 2.19. The quantitative estimate of drug-likeness (QED) is 0.598. The van der Waals surface area contributed by atoms with Crippen molar-refractivity contribution in [1.29, 1.82) is 0 Å². The molecule has 6 nitrogen and oxygen atoms in total. The second-order valence-electron chi connectivity index (χ2n) is 6.12. The average Bonchev–Trinajstić information content (AvgIpc) is 3.29. The summed E-state index contributed by atoms with van der Waals surface area (Å²) in [6.45, 7) is 2.68. The molecule has 6 heteroatoms. The molecule has 130 valence electrons. The normalized spacial score (nSPS) is 11.0. The van der Waals surface area contributed by atoms with Crippen LogP contribution < -0.4 is 0 Å². The van der Waals surface area contributed by atoms with Gasteiger partial charge in [0.05, 0.1) is 36.1 Å². The molecule has 4 aromatic rings. The first-order valence-electron chi connectivity index (χ1n) is 8.37. The van der Waals surface area contributed by atoms with Gasteiger partial charge < -0.3 is 14.3 Å². The van der Waals surface area contributed by atoms with Crippen molar-refractivity contribution in [3.8, 4) is 0 Å². The molecule has 0 bridgehead atoms. The lowest BCUT2D eigenvalue weighted by Gasteiger charge is -2.21. The molecule has 0 unspecified atom stereocenters. The molecule has 0 radical (unpaired) electrons. The summed E-state index contributed by atoms with van der Waals surface area (Å²) in [7, 11) is 0. The van der Waals surface area contributed by atoms with Crippen LogP contribution in [0.5, 0.6) is 0 Å². The minimum absolute atomic E-state index is 0.0822. The van der Waals surface area contributed by atoms with Crippen LogP contribution in [-0.4, -0.2) is 25.8 Å². The standard InChI is InChI=1S/C20H18N4O2/c1-14-22-18-8-7-15(11-19(18)23-14)20(25)24(13-17-6-4-10-26-17)12-16-5-2-3-9-21-16/h2-11H,12-13H2,1H3,(H,22,23). The van der Waals surface area contributed by atoms with E-state index in [4.69, 9.17) is 4.42 Å². The van der Waals surface area contributed by atoms with Crippen molar-refractivity contribution >= 4 is 16.9 Å². The first-order valence-corrected chi connectivity index (χ1v) is 8.37. The number of carbonyl (C=O) groups is 1. The molecule has 0 atom stereocenters. The Balaban J connectivity index is 1.65. The van der Waals surface area contributed by atoms with Gasteiger partial charge in [-0.2, -0.15) is 0 Å². The largest absolute Gasteiger partial charge is 0.467 e. The van der Waals surface area contributed by atoms with Crippen LogP contribution in [0.2, 0.25) is 0 Å². The zero-order valence-electron chi connectivity index (χ0n) is 14.3. The number of carbonyl (C=O) groups excluding carboxylic acids is 1. The monoisotopic (exact) mass is 346 g/mol. The number of benzene rings is 1. The summed E-state index contributed by atoms with van der Waals surface area (Å²) in [5.41, 5.74) is 3.13. The highest BCUT2D eigenvalue weighted by atomic mass is 16.3. The smallest absolute Gasteiger partial charge is 0.254 e. The van der Waals surface area contributed by atoms with Crippen molar-refractivity contribution < 1.29 is 9.21 Å². The topological polar surface area (TPSA) is 75.0 Å². The average molecular weight is 346 g/mol. The van der Waals surface area contributed by atoms with Gasteiger partial charge in [-0.05, 0) is 49.4 Å². The first kappa shape index (κ1) is 16.1. The molecule has 1 amide bonds. The maximum atomic E-state index is 13.1. The highest BCUT2D eigenvalue weighted by molar-refractivity contribution is 5.97. The van der Waals surface area contributed by atoms with Crippen LogP contribution in [-0.2, 0) is 13.1 Å². The molecular weight excluding hydrogens is 328 g/mol. The summed E-state index contributed by atoms with van der Waals surface area (Å²) in [6.07, 6.45) is 3.34. The first-order chi connectivity index (χ1) is 12.7. The second kappa shape index (κ2) is 6.84. The number of nitrogens with one attached hydrogen (secondary N) is 1. The molecule has 3 aromatic heterocycles. The number of imidazole rings is 1. The van der Waals surface area contributed by atoms with E-state index in [0.717, 1.165) is 28.3 Å². The molecular formula is C20H18N4O2. The maximum Gasteiger partial charge on any atom is 0.254 e. The minimum Gasteiger partial charge on any atom is -0.467 e. The van der Waals surface area contributed by atoms with Crippen LogP contribution >= 0.6 is 0 Å². The van der Waals surface area contributed by atoms with Crippen molar-refractivity contribution in [1.82, 2.24) is 19.9 Å². The number of pyridine rings is 1. The lowest BCUT2D eigenvalue weighted by atomic mass is 10.1. The van der Waals surface area contributed by atoms with Crippen molar-refractivity contribution in [2.75, 3.05) is 0 Å². The third kappa shape index (κ3) is 3.35. The van der Waals surface area contributed by atoms with E-state index in [0.29, 0.717) is 18.7 Å². The Labute approximate surface area is 150 Å². The number of rotatable bonds is 5. The Kier molecular flexibility index (Phi) is 4.23. The summed E-state index contributed by atoms with van der Waals surface area (Å²) in [6, 6.07) is 14.9. The third-order valence-corrected chi connectivity index (χ3v) is 4.14. The van der Waals surface area contributed by atoms with E-state index in [2.05, 4.69) is 15.0 Å². The molecule has 1 aromatic carbocycles. The number of fused-ring (bicyclic) bond motifs is 1. The molecule has 26 heavy (non-hydrogen) atoms. The van der Waals surface area contributed by atoms with Crippen molar-refractivity contribution in [3.05, 3.63) is 83.8 Å². The summed E-state index contributed by atoms with van der Waals surface area (Å²) in [5, 5.41) is 0. The zero-order chi connectivity index (χ0) is 17.9. The molecule has 0 spiro atoms. The summed E-state index contributed by atoms with van der Waals surface area (Å²) in [5.74, 6) is 1.47. The summed E-state index contributed by atoms with van der Waals surface area (Å²) in [4.78, 5) is 26.8. The molecule has 4 rings (SSSR count). The summed E-state index contributed by atoms with van der Waals surface area (Å²) >= 11 is 0. The zero-order valence-corrected chi connectivity index (χ0v) is 14.3. The van der Waals surface area contributed by atoms with Crippen LogP contribution in [0.25, 0.3) is 11.0 Å². The van der Waals surface area contributed by atoms with Crippen LogP contribution in [0.3, 0.4) is 0 Å². The minimum atomic E-state index is -0.0822. The Morgan fingerprint density at radius 3 is 2.85 bits per heavy atom. The SMILES string of the molecule is Cc1nc2ccc(C(=O)N(Cc3ccccn3)Cc3ccco3)cc2[nH]1. The molecule has 3 heterocycles. The number of furan rings is 1. The lowest BCUT2D eigenvalue weighted by molar-refractivity contribution is 0.0715. The van der Waals surface area contributed by atoms with Crippen molar-refractivity contribution in [3.63, 3.8) is 0 Å². The van der Waals surface area contributed by atoms with Gasteiger partial charge >= 0.3 is 0 Å². The molecule has 1 N–H and O–H groups in total. The lowest BCUT2D eigenvalue weighted by Crippen LogP contribution is -2.30. The number of amides is 1. The van der Waals surface area contributed by atoms with Crippen molar-refractivity contribution in [2.24, 2.45) is 0 Å². The van der Waals surface area contributed by atoms with E-state index in [9.17, 15) is 4.79 Å². The van der Waals surface area contributed by atoms with Crippen molar-refractivity contribution in [2.45, 2.75) is 20.0 Å². The number of hydrogen-bond acceptors (Lipinski definition) is 4. The van der Waals surface area contributed by atoms with Gasteiger partial charge in [-0.25, -0.2) is 4.98 Å². The van der Waals surface area contributed by atoms with E-state index in [-0.39, 0.29) is 5.91 Å². The number of nitrogens with zero attached hydrogens (tertiary/aromatic N) is 3. The van der Waals surface area contributed by atoms with Crippen LogP contribution in [0.15, 0.2) is 65.4 Å². The Morgan fingerprint density at radius 2 is 2.08 bits per heavy atom. The van der Waals surface area contributed by atoms with Gasteiger partial charge in [-0.1, -0.05) is 6.07 Å². The predicted octanol–water partition coefficient (Wildman–Crippen LogP) is 3.70. The van der Waals surface area contributed by atoms with Gasteiger partial charge in [0.1, 0.15) is 11.6 Å². The second-order valence-corrected chi connectivity index (χ2v) is 6.12. The molecule has 0 saturated carbocycles. The summed E-state index contributed by atoms with van der Waals surface area (Å²) < 4.78 is 5.43. The van der Waals surface area contributed by atoms with E-state index in [1.54, 1.807) is 23.4 Å². The van der Waals surface area contributed by atoms with Gasteiger partial charge in [0.15, 0.2) is 0 Å². The fraction of sp³-hybridized carbons (Fsp3) is 0.150. The van der Waals surface area contributed by atoms with Crippen LogP contribution in [0.4, 0.5) is 0 Å². The Hall–Kier alpha value is -3.41. The van der Waals surface area contributed by atoms with Crippen LogP contribution in [0.1, 0.15) is 27.6 Å². The molecule has 0 fully saturated rings. The number of aromatic amines is 1. The van der Waals surface area contributed by atoms with Gasteiger partial charge in [-0.3, -0.25) is 9.78 Å². The number of hydrogen-bond donors (Lipinski definition) is 1. The number of aromatic nitrogens is 3. The number of H-pyrrole nitrogens is 1. The van der Waals surface area contributed by atoms with Gasteiger partial charge in [-0.15, -0.1) is 0 Å². The highest BCUT2D eigenvalue weighted by Crippen LogP contribution is 2.18. The van der Waals surface area contributed by atoms with E-state index in [1.165, 1.54) is 0 Å². The maximum absolute atomic E-state index is 13.1. The molecule has 0 aliphatic carbocycles. The van der Waals surface area contributed by atoms with Crippen LogP contribution in [0, 0.1) is 6.92 Å². The Bertz CT molecular complexity index is 1020. The predicted molar refractivity (Wildman–Crippen MR) is 97.4 cm³/mol. The van der Waals surface area contributed by atoms with E-state index >= 15 is 0 Å². The van der Waals surface area contributed by atoms with E-state index < -0.39 is 0 Å².